The summed E-state index contributed by atoms with van der Waals surface area (Å²) in [5.41, 5.74) is 2.37. The molecule has 4 aliphatic rings. The summed E-state index contributed by atoms with van der Waals surface area (Å²) in [6.45, 7) is 4.62. The first kappa shape index (κ1) is 18.9. The van der Waals surface area contributed by atoms with E-state index >= 15 is 0 Å². The number of fused-ring (bicyclic) bond motifs is 3. The fraction of sp³-hybridized carbons (Fsp3) is 0.652. The maximum Gasteiger partial charge on any atom is 0.238 e. The molecule has 2 N–H and O–H groups in total. The molecular formula is C23H31N5O. The molecule has 0 spiro atoms. The zero-order chi connectivity index (χ0) is 19.8. The number of nitrogens with one attached hydrogen (secondary N) is 2. The summed E-state index contributed by atoms with van der Waals surface area (Å²) in [6.07, 6.45) is 6.61. The van der Waals surface area contributed by atoms with Crippen molar-refractivity contribution in [2.24, 2.45) is 5.92 Å². The zero-order valence-electron chi connectivity index (χ0n) is 17.0. The van der Waals surface area contributed by atoms with Crippen LogP contribution in [0.1, 0.15) is 37.7 Å². The van der Waals surface area contributed by atoms with Gasteiger partial charge in [-0.1, -0.05) is 12.1 Å². The van der Waals surface area contributed by atoms with Crippen LogP contribution in [0.2, 0.25) is 0 Å². The Morgan fingerprint density at radius 2 is 2.07 bits per heavy atom. The third-order valence-electron chi connectivity index (χ3n) is 7.44. The number of amides is 1. The van der Waals surface area contributed by atoms with E-state index in [2.05, 4.69) is 50.8 Å². The van der Waals surface area contributed by atoms with Crippen LogP contribution in [-0.2, 0) is 11.2 Å². The second-order valence-electron chi connectivity index (χ2n) is 9.25. The number of rotatable bonds is 5. The molecule has 5 atom stereocenters. The van der Waals surface area contributed by atoms with Gasteiger partial charge in [-0.3, -0.25) is 9.69 Å². The molecule has 1 amide bonds. The largest absolute Gasteiger partial charge is 0.369 e. The van der Waals surface area contributed by atoms with Gasteiger partial charge in [-0.05, 0) is 62.3 Å². The van der Waals surface area contributed by atoms with E-state index in [1.165, 1.54) is 31.5 Å². The van der Waals surface area contributed by atoms with Gasteiger partial charge >= 0.3 is 0 Å². The topological polar surface area (TPSA) is 71.4 Å². The lowest BCUT2D eigenvalue weighted by molar-refractivity contribution is -0.124. The maximum atomic E-state index is 12.6. The Hall–Kier alpha value is -2.10. The standard InChI is InChI=1S/C23H31N5O/c24-14-19(26-23(29)22-17-5-6-18(13-17)25-22)12-16-3-7-20(8-4-16)28-11-10-27-9-1-2-21(27)15-28/h3-4,7-8,17-19,21-22,25H,1-2,5-6,9-13,15H2,(H,26,29)/t17-,18-,19-,21?,22-/m0/s1. The molecule has 3 aliphatic heterocycles. The van der Waals surface area contributed by atoms with E-state index in [0.29, 0.717) is 24.4 Å². The second-order valence-corrected chi connectivity index (χ2v) is 9.25. The predicted octanol–water partition coefficient (Wildman–Crippen LogP) is 1.66. The molecule has 1 aromatic carbocycles. The first-order valence-corrected chi connectivity index (χ1v) is 11.2. The van der Waals surface area contributed by atoms with Gasteiger partial charge in [0, 0.05) is 43.8 Å². The maximum absolute atomic E-state index is 12.6. The number of hydrogen-bond donors (Lipinski definition) is 2. The summed E-state index contributed by atoms with van der Waals surface area (Å²) >= 11 is 0. The number of nitriles is 1. The van der Waals surface area contributed by atoms with E-state index in [9.17, 15) is 10.1 Å². The van der Waals surface area contributed by atoms with Crippen LogP contribution >= 0.6 is 0 Å². The lowest BCUT2D eigenvalue weighted by Crippen LogP contribution is -2.50. The van der Waals surface area contributed by atoms with Crippen LogP contribution in [-0.4, -0.2) is 61.2 Å². The van der Waals surface area contributed by atoms with Gasteiger partial charge in [-0.2, -0.15) is 5.26 Å². The molecule has 1 unspecified atom stereocenters. The summed E-state index contributed by atoms with van der Waals surface area (Å²) in [5, 5.41) is 15.9. The molecule has 2 bridgehead atoms. The lowest BCUT2D eigenvalue weighted by Gasteiger charge is -2.38. The highest BCUT2D eigenvalue weighted by atomic mass is 16.2. The van der Waals surface area contributed by atoms with Gasteiger partial charge in [0.1, 0.15) is 6.04 Å². The van der Waals surface area contributed by atoms with Crippen molar-refractivity contribution in [1.82, 2.24) is 15.5 Å². The summed E-state index contributed by atoms with van der Waals surface area (Å²) in [4.78, 5) is 17.7. The van der Waals surface area contributed by atoms with Crippen LogP contribution in [0.4, 0.5) is 5.69 Å². The van der Waals surface area contributed by atoms with Crippen molar-refractivity contribution in [3.8, 4) is 6.07 Å². The molecule has 1 aromatic rings. The van der Waals surface area contributed by atoms with Gasteiger partial charge in [0.05, 0.1) is 12.1 Å². The fourth-order valence-corrected chi connectivity index (χ4v) is 5.84. The van der Waals surface area contributed by atoms with E-state index < -0.39 is 6.04 Å². The molecule has 1 aliphatic carbocycles. The summed E-state index contributed by atoms with van der Waals surface area (Å²) in [5.74, 6) is 0.439. The normalized spacial score (nSPS) is 32.0. The molecule has 154 valence electrons. The minimum absolute atomic E-state index is 0.00481. The quantitative estimate of drug-likeness (QED) is 0.796. The number of anilines is 1. The Kier molecular flexibility index (Phi) is 5.19. The van der Waals surface area contributed by atoms with Crippen LogP contribution < -0.4 is 15.5 Å². The van der Waals surface area contributed by atoms with E-state index in [4.69, 9.17) is 0 Å². The number of nitrogens with zero attached hydrogens (tertiary/aromatic N) is 3. The van der Waals surface area contributed by atoms with Crippen LogP contribution in [0.25, 0.3) is 0 Å². The third kappa shape index (κ3) is 3.86. The Morgan fingerprint density at radius 1 is 1.21 bits per heavy atom. The Bertz CT molecular complexity index is 787. The highest BCUT2D eigenvalue weighted by Crippen LogP contribution is 2.35. The monoisotopic (exact) mass is 393 g/mol. The summed E-state index contributed by atoms with van der Waals surface area (Å²) in [7, 11) is 0. The molecule has 6 heteroatoms. The number of piperazine rings is 1. The summed E-state index contributed by atoms with van der Waals surface area (Å²) in [6, 6.07) is 11.5. The molecule has 1 saturated carbocycles. The van der Waals surface area contributed by atoms with Gasteiger partial charge in [0.2, 0.25) is 5.91 Å². The molecular weight excluding hydrogens is 362 g/mol. The molecule has 3 heterocycles. The highest BCUT2D eigenvalue weighted by Gasteiger charge is 2.43. The van der Waals surface area contributed by atoms with Gasteiger partial charge in [0.15, 0.2) is 0 Å². The third-order valence-corrected chi connectivity index (χ3v) is 7.44. The van der Waals surface area contributed by atoms with Crippen molar-refractivity contribution in [1.29, 1.82) is 5.26 Å². The van der Waals surface area contributed by atoms with Crippen molar-refractivity contribution in [2.45, 2.75) is 62.7 Å². The minimum atomic E-state index is -0.476. The number of piperidine rings is 1. The average Bonchev–Trinajstić information content (AvgIpc) is 3.50. The highest BCUT2D eigenvalue weighted by molar-refractivity contribution is 5.83. The molecule has 0 aromatic heterocycles. The molecule has 0 radical (unpaired) electrons. The Balaban J connectivity index is 1.16. The van der Waals surface area contributed by atoms with Crippen LogP contribution in [0.5, 0.6) is 0 Å². The number of benzene rings is 1. The lowest BCUT2D eigenvalue weighted by atomic mass is 9.98. The number of carbonyl (C=O) groups excluding carboxylic acids is 1. The average molecular weight is 394 g/mol. The van der Waals surface area contributed by atoms with Gasteiger partial charge in [-0.25, -0.2) is 0 Å². The molecule has 5 rings (SSSR count). The second kappa shape index (κ2) is 7.97. The van der Waals surface area contributed by atoms with Gasteiger partial charge in [0.25, 0.3) is 0 Å². The number of carbonyl (C=O) groups is 1. The van der Waals surface area contributed by atoms with E-state index in [-0.39, 0.29) is 11.9 Å². The fourth-order valence-electron chi connectivity index (χ4n) is 5.84. The zero-order valence-corrected chi connectivity index (χ0v) is 17.0. The van der Waals surface area contributed by atoms with Crippen LogP contribution in [0, 0.1) is 17.2 Å². The Morgan fingerprint density at radius 3 is 2.79 bits per heavy atom. The van der Waals surface area contributed by atoms with E-state index in [0.717, 1.165) is 38.0 Å². The van der Waals surface area contributed by atoms with E-state index in [1.54, 1.807) is 0 Å². The van der Waals surface area contributed by atoms with Crippen molar-refractivity contribution in [3.63, 3.8) is 0 Å². The number of hydrogen-bond acceptors (Lipinski definition) is 5. The van der Waals surface area contributed by atoms with Gasteiger partial charge in [-0.15, -0.1) is 0 Å². The Labute approximate surface area is 173 Å². The molecule has 29 heavy (non-hydrogen) atoms. The van der Waals surface area contributed by atoms with E-state index in [1.807, 2.05) is 0 Å². The first-order chi connectivity index (χ1) is 14.2. The molecule has 4 fully saturated rings. The smallest absolute Gasteiger partial charge is 0.238 e. The molecule has 3 saturated heterocycles. The van der Waals surface area contributed by atoms with Crippen LogP contribution in [0.15, 0.2) is 24.3 Å². The van der Waals surface area contributed by atoms with Crippen molar-refractivity contribution < 1.29 is 4.79 Å². The SMILES string of the molecule is N#C[C@H](Cc1ccc(N2CCN3CCCC3C2)cc1)NC(=O)[C@H]1N[C@H]2CC[C@H]1C2. The van der Waals surface area contributed by atoms with Gasteiger partial charge < -0.3 is 15.5 Å². The summed E-state index contributed by atoms with van der Waals surface area (Å²) < 4.78 is 0. The van der Waals surface area contributed by atoms with Crippen molar-refractivity contribution >= 4 is 11.6 Å². The van der Waals surface area contributed by atoms with Crippen molar-refractivity contribution in [3.05, 3.63) is 29.8 Å². The minimum Gasteiger partial charge on any atom is -0.369 e. The molecule has 6 nitrogen and oxygen atoms in total. The van der Waals surface area contributed by atoms with Crippen LogP contribution in [0.3, 0.4) is 0 Å². The first-order valence-electron chi connectivity index (χ1n) is 11.2. The predicted molar refractivity (Wildman–Crippen MR) is 113 cm³/mol. The van der Waals surface area contributed by atoms with Crippen molar-refractivity contribution in [2.75, 3.05) is 31.1 Å².